The van der Waals surface area contributed by atoms with Crippen LogP contribution in [0.25, 0.3) is 0 Å². The first kappa shape index (κ1) is 22.5. The SMILES string of the molecule is Cc1cccc(C)c1NC(=O)CNC(=O)C(C)OC(=O)c1csc(S(N)(=O)=O)c1. The van der Waals surface area contributed by atoms with E-state index in [0.717, 1.165) is 28.5 Å². The van der Waals surface area contributed by atoms with Gasteiger partial charge < -0.3 is 15.4 Å². The number of carbonyl (C=O) groups excluding carboxylic acids is 3. The van der Waals surface area contributed by atoms with Gasteiger partial charge in [-0.25, -0.2) is 18.4 Å². The Morgan fingerprint density at radius 3 is 2.38 bits per heavy atom. The van der Waals surface area contributed by atoms with Gasteiger partial charge in [0.15, 0.2) is 6.10 Å². The summed E-state index contributed by atoms with van der Waals surface area (Å²) >= 11 is 0.770. The molecule has 0 fully saturated rings. The second-order valence-electron chi connectivity index (χ2n) is 6.28. The number of ether oxygens (including phenoxy) is 1. The first-order valence-corrected chi connectivity index (χ1v) is 10.9. The van der Waals surface area contributed by atoms with E-state index in [0.29, 0.717) is 5.69 Å². The fourth-order valence-electron chi connectivity index (χ4n) is 2.36. The summed E-state index contributed by atoms with van der Waals surface area (Å²) in [6.07, 6.45) is -1.19. The third-order valence-corrected chi connectivity index (χ3v) is 6.30. The Bertz CT molecular complexity index is 1030. The average molecular weight is 440 g/mol. The van der Waals surface area contributed by atoms with Crippen LogP contribution in [0, 0.1) is 13.8 Å². The zero-order chi connectivity index (χ0) is 21.8. The summed E-state index contributed by atoms with van der Waals surface area (Å²) in [5, 5.41) is 11.4. The minimum Gasteiger partial charge on any atom is -0.449 e. The maximum absolute atomic E-state index is 12.1. The molecule has 0 radical (unpaired) electrons. The Balaban J connectivity index is 1.88. The van der Waals surface area contributed by atoms with Crippen molar-refractivity contribution in [2.24, 2.45) is 5.14 Å². The van der Waals surface area contributed by atoms with Crippen LogP contribution in [0.1, 0.15) is 28.4 Å². The number of primary sulfonamides is 1. The van der Waals surface area contributed by atoms with Crippen molar-refractivity contribution in [1.82, 2.24) is 5.32 Å². The second kappa shape index (κ2) is 9.16. The van der Waals surface area contributed by atoms with Crippen LogP contribution in [-0.2, 0) is 24.3 Å². The Hall–Kier alpha value is -2.76. The van der Waals surface area contributed by atoms with Gasteiger partial charge in [0, 0.05) is 11.1 Å². The number of nitrogens with two attached hydrogens (primary N) is 1. The van der Waals surface area contributed by atoms with Gasteiger partial charge >= 0.3 is 5.97 Å². The van der Waals surface area contributed by atoms with E-state index >= 15 is 0 Å². The highest BCUT2D eigenvalue weighted by molar-refractivity contribution is 7.91. The molecule has 2 amide bonds. The van der Waals surface area contributed by atoms with E-state index in [9.17, 15) is 22.8 Å². The highest BCUT2D eigenvalue weighted by atomic mass is 32.2. The van der Waals surface area contributed by atoms with E-state index in [1.807, 2.05) is 32.0 Å². The van der Waals surface area contributed by atoms with Crippen LogP contribution in [0.15, 0.2) is 33.9 Å². The minimum atomic E-state index is -3.92. The molecule has 4 N–H and O–H groups in total. The molecule has 0 spiro atoms. The number of anilines is 1. The fraction of sp³-hybridized carbons (Fsp3) is 0.278. The Morgan fingerprint density at radius 1 is 1.21 bits per heavy atom. The van der Waals surface area contributed by atoms with E-state index in [2.05, 4.69) is 10.6 Å². The normalized spacial score (nSPS) is 12.1. The molecule has 0 aliphatic rings. The molecule has 1 aromatic heterocycles. The van der Waals surface area contributed by atoms with Crippen molar-refractivity contribution in [3.05, 3.63) is 46.3 Å². The highest BCUT2D eigenvalue weighted by Crippen LogP contribution is 2.20. The molecule has 2 aromatic rings. The van der Waals surface area contributed by atoms with Crippen LogP contribution in [-0.4, -0.2) is 38.9 Å². The third-order valence-electron chi connectivity index (χ3n) is 3.91. The lowest BCUT2D eigenvalue weighted by atomic mass is 10.1. The summed E-state index contributed by atoms with van der Waals surface area (Å²) in [5.41, 5.74) is 2.42. The van der Waals surface area contributed by atoms with Crippen LogP contribution in [0.4, 0.5) is 5.69 Å². The number of nitrogens with one attached hydrogen (secondary N) is 2. The van der Waals surface area contributed by atoms with E-state index in [4.69, 9.17) is 9.88 Å². The standard InChI is InChI=1S/C18H21N3O6S2/c1-10-5-4-6-11(2)16(10)21-14(22)8-20-17(23)12(3)27-18(24)13-7-15(28-9-13)29(19,25)26/h4-7,9,12H,8H2,1-3H3,(H,20,23)(H,21,22)(H2,19,25,26). The van der Waals surface area contributed by atoms with Gasteiger partial charge in [-0.05, 0) is 38.0 Å². The van der Waals surface area contributed by atoms with Crippen molar-refractivity contribution in [3.8, 4) is 0 Å². The first-order valence-electron chi connectivity index (χ1n) is 8.45. The summed E-state index contributed by atoms with van der Waals surface area (Å²) in [5.74, 6) is -1.97. The lowest BCUT2D eigenvalue weighted by Crippen LogP contribution is -2.40. The minimum absolute atomic E-state index is 0.0357. The number of hydrogen-bond acceptors (Lipinski definition) is 7. The van der Waals surface area contributed by atoms with Crippen LogP contribution < -0.4 is 15.8 Å². The van der Waals surface area contributed by atoms with E-state index in [1.54, 1.807) is 0 Å². The molecule has 11 heteroatoms. The lowest BCUT2D eigenvalue weighted by molar-refractivity contribution is -0.130. The number of benzene rings is 1. The van der Waals surface area contributed by atoms with Gasteiger partial charge in [0.25, 0.3) is 5.91 Å². The fourth-order valence-corrected chi connectivity index (χ4v) is 3.94. The number of amides is 2. The molecule has 29 heavy (non-hydrogen) atoms. The van der Waals surface area contributed by atoms with Crippen LogP contribution >= 0.6 is 11.3 Å². The van der Waals surface area contributed by atoms with Crippen LogP contribution in [0.3, 0.4) is 0 Å². The van der Waals surface area contributed by atoms with Gasteiger partial charge in [0.1, 0.15) is 4.21 Å². The predicted molar refractivity (Wildman–Crippen MR) is 108 cm³/mol. The molecular formula is C18H21N3O6S2. The van der Waals surface area contributed by atoms with Gasteiger partial charge in [-0.1, -0.05) is 18.2 Å². The predicted octanol–water partition coefficient (Wildman–Crippen LogP) is 1.31. The lowest BCUT2D eigenvalue weighted by Gasteiger charge is -2.14. The zero-order valence-electron chi connectivity index (χ0n) is 16.0. The number of esters is 1. The molecule has 1 aromatic carbocycles. The van der Waals surface area contributed by atoms with Gasteiger partial charge in [-0.2, -0.15) is 0 Å². The molecule has 0 saturated heterocycles. The Morgan fingerprint density at radius 2 is 1.83 bits per heavy atom. The summed E-state index contributed by atoms with van der Waals surface area (Å²) in [4.78, 5) is 36.2. The summed E-state index contributed by atoms with van der Waals surface area (Å²) in [7, 11) is -3.92. The van der Waals surface area contributed by atoms with Gasteiger partial charge in [0.2, 0.25) is 15.9 Å². The molecule has 1 atom stereocenters. The number of para-hydroxylation sites is 1. The number of aryl methyl sites for hydroxylation is 2. The summed E-state index contributed by atoms with van der Waals surface area (Å²) in [6.45, 7) is 4.75. The number of thiophene rings is 1. The van der Waals surface area contributed by atoms with Gasteiger partial charge in [-0.3, -0.25) is 9.59 Å². The largest absolute Gasteiger partial charge is 0.449 e. The van der Waals surface area contributed by atoms with Crippen LogP contribution in [0.5, 0.6) is 0 Å². The molecule has 0 bridgehead atoms. The molecule has 1 unspecified atom stereocenters. The molecule has 1 heterocycles. The summed E-state index contributed by atoms with van der Waals surface area (Å²) in [6, 6.07) is 6.66. The monoisotopic (exact) mass is 439 g/mol. The third kappa shape index (κ3) is 6.11. The molecule has 156 valence electrons. The second-order valence-corrected chi connectivity index (χ2v) is 8.98. The zero-order valence-corrected chi connectivity index (χ0v) is 17.6. The number of sulfonamides is 1. The highest BCUT2D eigenvalue weighted by Gasteiger charge is 2.22. The van der Waals surface area contributed by atoms with E-state index in [1.165, 1.54) is 12.3 Å². The van der Waals surface area contributed by atoms with Crippen LogP contribution in [0.2, 0.25) is 0 Å². The maximum atomic E-state index is 12.1. The van der Waals surface area contributed by atoms with Crippen molar-refractivity contribution in [3.63, 3.8) is 0 Å². The average Bonchev–Trinajstić information content (AvgIpc) is 3.13. The van der Waals surface area contributed by atoms with E-state index in [-0.39, 0.29) is 16.3 Å². The smallest absolute Gasteiger partial charge is 0.339 e. The molecular weight excluding hydrogens is 418 g/mol. The van der Waals surface area contributed by atoms with Crippen molar-refractivity contribution in [2.45, 2.75) is 31.1 Å². The summed E-state index contributed by atoms with van der Waals surface area (Å²) < 4.78 is 27.3. The van der Waals surface area contributed by atoms with E-state index < -0.39 is 33.9 Å². The Kier molecular flexibility index (Phi) is 7.11. The molecule has 9 nitrogen and oxygen atoms in total. The van der Waals surface area contributed by atoms with Gasteiger partial charge in [0.05, 0.1) is 12.1 Å². The maximum Gasteiger partial charge on any atom is 0.339 e. The van der Waals surface area contributed by atoms with Crippen molar-refractivity contribution < 1.29 is 27.5 Å². The molecule has 0 saturated carbocycles. The van der Waals surface area contributed by atoms with Crippen molar-refractivity contribution in [2.75, 3.05) is 11.9 Å². The molecule has 2 rings (SSSR count). The molecule has 0 aliphatic heterocycles. The van der Waals surface area contributed by atoms with Crippen molar-refractivity contribution >= 4 is 44.8 Å². The van der Waals surface area contributed by atoms with Crippen molar-refractivity contribution in [1.29, 1.82) is 0 Å². The number of rotatable bonds is 7. The quantitative estimate of drug-likeness (QED) is 0.555. The number of carbonyl (C=O) groups is 3. The van der Waals surface area contributed by atoms with Gasteiger partial charge in [-0.15, -0.1) is 11.3 Å². The Labute approximate surface area is 172 Å². The number of hydrogen-bond donors (Lipinski definition) is 3. The molecule has 0 aliphatic carbocycles. The first-order chi connectivity index (χ1) is 13.5. The topological polar surface area (TPSA) is 145 Å².